The van der Waals surface area contributed by atoms with Crippen LogP contribution < -0.4 is 15.0 Å². The molecule has 1 aliphatic rings. The van der Waals surface area contributed by atoms with Crippen LogP contribution in [0.2, 0.25) is 0 Å². The number of anilines is 2. The molecule has 3 rings (SSSR count). The molecule has 0 bridgehead atoms. The van der Waals surface area contributed by atoms with Crippen molar-refractivity contribution < 1.29 is 13.7 Å². The molecule has 32 heavy (non-hydrogen) atoms. The average molecular weight is 459 g/mol. The molecule has 2 aromatic carbocycles. The van der Waals surface area contributed by atoms with E-state index in [1.54, 1.807) is 18.5 Å². The van der Waals surface area contributed by atoms with E-state index in [-0.39, 0.29) is 12.3 Å². The zero-order valence-corrected chi connectivity index (χ0v) is 20.5. The molecule has 174 valence electrons. The van der Waals surface area contributed by atoms with Gasteiger partial charge in [-0.1, -0.05) is 0 Å². The van der Waals surface area contributed by atoms with Gasteiger partial charge in [0.05, 0.1) is 12.0 Å². The Morgan fingerprint density at radius 2 is 1.69 bits per heavy atom. The largest absolute Gasteiger partial charge is 0.497 e. The fraction of sp³-hybridized carbons (Fsp3) is 0.458. The maximum Gasteiger partial charge on any atom is 0.225 e. The first-order valence-corrected chi connectivity index (χ1v) is 12.0. The molecular weight excluding hydrogens is 424 g/mol. The van der Waals surface area contributed by atoms with E-state index >= 15 is 0 Å². The van der Waals surface area contributed by atoms with Crippen LogP contribution in [0.15, 0.2) is 41.3 Å². The molecule has 0 spiro atoms. The number of aryl methyl sites for hydroxylation is 2. The third kappa shape index (κ3) is 6.09. The molecule has 1 unspecified atom stereocenters. The minimum Gasteiger partial charge on any atom is -0.497 e. The van der Waals surface area contributed by atoms with Crippen LogP contribution in [-0.2, 0) is 15.8 Å². The second kappa shape index (κ2) is 10.9. The minimum absolute atomic E-state index is 0.0932. The number of hydrogen-bond acceptors (Lipinski definition) is 5. The molecule has 0 aromatic heterocycles. The summed E-state index contributed by atoms with van der Waals surface area (Å²) in [4.78, 5) is 17.9. The number of nitrogens with zero attached hydrogens (tertiary/aromatic N) is 3. The lowest BCUT2D eigenvalue weighted by Crippen LogP contribution is -2.44. The number of hydrogen-bond donors (Lipinski definition) is 1. The zero-order valence-electron chi connectivity index (χ0n) is 19.7. The highest BCUT2D eigenvalue weighted by Crippen LogP contribution is 2.26. The van der Waals surface area contributed by atoms with Gasteiger partial charge < -0.3 is 19.9 Å². The number of amides is 1. The van der Waals surface area contributed by atoms with Crippen LogP contribution in [0.5, 0.6) is 5.75 Å². The van der Waals surface area contributed by atoms with Crippen molar-refractivity contribution >= 4 is 28.3 Å². The van der Waals surface area contributed by atoms with E-state index in [1.165, 1.54) is 5.69 Å². The van der Waals surface area contributed by atoms with Crippen molar-refractivity contribution in [3.05, 3.63) is 47.5 Å². The summed E-state index contributed by atoms with van der Waals surface area (Å²) in [6.07, 6.45) is 0.261. The highest BCUT2D eigenvalue weighted by molar-refractivity contribution is 7.82. The van der Waals surface area contributed by atoms with E-state index < -0.39 is 11.0 Å². The standard InChI is InChI=1S/C24H34N4O3S/c1-18-16-22(31-5)17-19(2)24(18)32(30)27(4)11-10-23(29)25-20-6-8-21(9-7-20)28-14-12-26(3)13-15-28/h6-9,16-17H,10-15H2,1-5H3,(H,25,29). The fourth-order valence-electron chi connectivity index (χ4n) is 3.85. The first-order valence-electron chi connectivity index (χ1n) is 10.9. The molecule has 0 aliphatic carbocycles. The molecule has 0 radical (unpaired) electrons. The second-order valence-corrected chi connectivity index (χ2v) is 9.86. The lowest BCUT2D eigenvalue weighted by atomic mass is 10.1. The van der Waals surface area contributed by atoms with E-state index in [2.05, 4.69) is 34.3 Å². The molecule has 0 saturated carbocycles. The molecule has 8 heteroatoms. The molecule has 7 nitrogen and oxygen atoms in total. The monoisotopic (exact) mass is 458 g/mol. The number of likely N-dealkylation sites (N-methyl/N-ethyl adjacent to an activating group) is 1. The van der Waals surface area contributed by atoms with Crippen molar-refractivity contribution in [2.24, 2.45) is 0 Å². The molecule has 1 fully saturated rings. The van der Waals surface area contributed by atoms with Crippen LogP contribution in [0, 0.1) is 13.8 Å². The van der Waals surface area contributed by atoms with Crippen LogP contribution in [0.25, 0.3) is 0 Å². The van der Waals surface area contributed by atoms with Gasteiger partial charge in [0.15, 0.2) is 0 Å². The van der Waals surface area contributed by atoms with Crippen molar-refractivity contribution in [1.29, 1.82) is 0 Å². The lowest BCUT2D eigenvalue weighted by Gasteiger charge is -2.34. The van der Waals surface area contributed by atoms with E-state index in [0.717, 1.165) is 53.6 Å². The third-order valence-corrected chi connectivity index (χ3v) is 7.54. The highest BCUT2D eigenvalue weighted by atomic mass is 32.2. The summed E-state index contributed by atoms with van der Waals surface area (Å²) in [5, 5.41) is 2.94. The number of piperazine rings is 1. The SMILES string of the molecule is COc1cc(C)c(S(=O)N(C)CCC(=O)Nc2ccc(N3CCN(C)CC3)cc2)c(C)c1. The molecule has 1 amide bonds. The van der Waals surface area contributed by atoms with Gasteiger partial charge in [0.25, 0.3) is 0 Å². The Hall–Kier alpha value is -2.42. The van der Waals surface area contributed by atoms with E-state index in [1.807, 2.05) is 38.1 Å². The molecule has 2 aromatic rings. The second-order valence-electron chi connectivity index (χ2n) is 8.33. The number of carbonyl (C=O) groups is 1. The van der Waals surface area contributed by atoms with E-state index in [4.69, 9.17) is 4.74 Å². The predicted molar refractivity (Wildman–Crippen MR) is 131 cm³/mol. The van der Waals surface area contributed by atoms with Gasteiger partial charge in [0, 0.05) is 57.6 Å². The Kier molecular flexibility index (Phi) is 8.28. The van der Waals surface area contributed by atoms with Crippen LogP contribution in [0.4, 0.5) is 11.4 Å². The molecule has 1 saturated heterocycles. The van der Waals surface area contributed by atoms with Gasteiger partial charge in [-0.15, -0.1) is 0 Å². The molecule has 1 atom stereocenters. The number of benzene rings is 2. The summed E-state index contributed by atoms with van der Waals surface area (Å²) in [5.41, 5.74) is 3.78. The summed E-state index contributed by atoms with van der Waals surface area (Å²) in [6.45, 7) is 8.39. The maximum absolute atomic E-state index is 13.0. The van der Waals surface area contributed by atoms with Crippen molar-refractivity contribution in [2.45, 2.75) is 25.2 Å². The average Bonchev–Trinajstić information content (AvgIpc) is 2.78. The summed E-state index contributed by atoms with van der Waals surface area (Å²) < 4.78 is 20.0. The Bertz CT molecular complexity index is 933. The quantitative estimate of drug-likeness (QED) is 0.659. The number of nitrogens with one attached hydrogen (secondary N) is 1. The van der Waals surface area contributed by atoms with Gasteiger partial charge in [0.2, 0.25) is 5.91 Å². The summed E-state index contributed by atoms with van der Waals surface area (Å²) >= 11 is 0. The highest BCUT2D eigenvalue weighted by Gasteiger charge is 2.18. The Morgan fingerprint density at radius 3 is 2.25 bits per heavy atom. The predicted octanol–water partition coefficient (Wildman–Crippen LogP) is 3.05. The number of carbonyl (C=O) groups excluding carboxylic acids is 1. The van der Waals surface area contributed by atoms with Crippen molar-refractivity contribution in [1.82, 2.24) is 9.21 Å². The Morgan fingerprint density at radius 1 is 1.09 bits per heavy atom. The first kappa shape index (κ1) is 24.2. The summed E-state index contributed by atoms with van der Waals surface area (Å²) in [7, 11) is 4.19. The van der Waals surface area contributed by atoms with E-state index in [9.17, 15) is 9.00 Å². The van der Waals surface area contributed by atoms with Gasteiger partial charge in [-0.25, -0.2) is 8.51 Å². The minimum atomic E-state index is -1.34. The number of ether oxygens (including phenoxy) is 1. The van der Waals surface area contributed by atoms with Crippen LogP contribution >= 0.6 is 0 Å². The molecular formula is C24H34N4O3S. The fourth-order valence-corrected chi connectivity index (χ4v) is 5.08. The Balaban J connectivity index is 1.52. The zero-order chi connectivity index (χ0) is 23.3. The molecule has 1 N–H and O–H groups in total. The topological polar surface area (TPSA) is 65.1 Å². The van der Waals surface area contributed by atoms with E-state index in [0.29, 0.717) is 6.54 Å². The molecule has 1 heterocycles. The van der Waals surface area contributed by atoms with Gasteiger partial charge in [-0.05, 0) is 68.4 Å². The van der Waals surface area contributed by atoms with Gasteiger partial charge in [-0.2, -0.15) is 0 Å². The Labute approximate surface area is 193 Å². The van der Waals surface area contributed by atoms with Gasteiger partial charge in [-0.3, -0.25) is 4.79 Å². The van der Waals surface area contributed by atoms with Gasteiger partial charge in [0.1, 0.15) is 16.7 Å². The van der Waals surface area contributed by atoms with Crippen molar-refractivity contribution in [2.75, 3.05) is 64.1 Å². The summed E-state index contributed by atoms with van der Waals surface area (Å²) in [6, 6.07) is 11.8. The number of rotatable bonds is 8. The van der Waals surface area contributed by atoms with Crippen LogP contribution in [-0.4, -0.2) is 73.3 Å². The first-order chi connectivity index (χ1) is 15.3. The third-order valence-electron chi connectivity index (χ3n) is 5.80. The molecule has 1 aliphatic heterocycles. The number of methoxy groups -OCH3 is 1. The van der Waals surface area contributed by atoms with Crippen molar-refractivity contribution in [3.63, 3.8) is 0 Å². The maximum atomic E-state index is 13.0. The normalized spacial score (nSPS) is 15.6. The van der Waals surface area contributed by atoms with Crippen molar-refractivity contribution in [3.8, 4) is 5.75 Å². The lowest BCUT2D eigenvalue weighted by molar-refractivity contribution is -0.116. The van der Waals surface area contributed by atoms with Crippen LogP contribution in [0.3, 0.4) is 0 Å². The smallest absolute Gasteiger partial charge is 0.225 e. The van der Waals surface area contributed by atoms with Gasteiger partial charge >= 0.3 is 0 Å². The summed E-state index contributed by atoms with van der Waals surface area (Å²) in [5.74, 6) is 0.658. The van der Waals surface area contributed by atoms with Crippen LogP contribution in [0.1, 0.15) is 17.5 Å².